The number of carboxylic acids is 1. The largest absolute Gasteiger partial charge is 0.481 e. The Hall–Kier alpha value is -2.11. The molecule has 1 aliphatic heterocycles. The number of hydrogen-bond acceptors (Lipinski definition) is 3. The van der Waals surface area contributed by atoms with Crippen LogP contribution in [0.4, 0.5) is 4.39 Å². The summed E-state index contributed by atoms with van der Waals surface area (Å²) in [6.45, 7) is 2.18. The van der Waals surface area contributed by atoms with Gasteiger partial charge >= 0.3 is 5.97 Å². The quantitative estimate of drug-likeness (QED) is 0.908. The molecule has 5 nitrogen and oxygen atoms in total. The van der Waals surface area contributed by atoms with Crippen LogP contribution in [-0.2, 0) is 9.59 Å². The Morgan fingerprint density at radius 2 is 2.25 bits per heavy atom. The molecule has 1 heterocycles. The fraction of sp³-hybridized carbons (Fsp3) is 0.429. The van der Waals surface area contributed by atoms with Crippen LogP contribution in [0.5, 0.6) is 5.75 Å². The maximum Gasteiger partial charge on any atom is 0.308 e. The molecule has 0 bridgehead atoms. The Balaban J connectivity index is 1.94. The summed E-state index contributed by atoms with van der Waals surface area (Å²) in [5.74, 6) is -1.84. The van der Waals surface area contributed by atoms with Crippen LogP contribution in [0, 0.1) is 11.7 Å². The van der Waals surface area contributed by atoms with E-state index in [1.807, 2.05) is 0 Å². The van der Waals surface area contributed by atoms with Crippen LogP contribution in [0.25, 0.3) is 0 Å². The highest BCUT2D eigenvalue weighted by Crippen LogP contribution is 2.19. The summed E-state index contributed by atoms with van der Waals surface area (Å²) in [7, 11) is 0. The first kappa shape index (κ1) is 14.3. The number of benzene rings is 1. The lowest BCUT2D eigenvalue weighted by atomic mass is 10.1. The maximum absolute atomic E-state index is 13.0. The van der Waals surface area contributed by atoms with Gasteiger partial charge in [0, 0.05) is 19.2 Å². The van der Waals surface area contributed by atoms with Crippen LogP contribution in [0.3, 0.4) is 0 Å². The lowest BCUT2D eigenvalue weighted by molar-refractivity contribution is -0.142. The highest BCUT2D eigenvalue weighted by molar-refractivity contribution is 5.82. The Kier molecular flexibility index (Phi) is 4.22. The van der Waals surface area contributed by atoms with E-state index in [0.29, 0.717) is 13.0 Å². The Morgan fingerprint density at radius 1 is 1.50 bits per heavy atom. The predicted molar refractivity (Wildman–Crippen MR) is 68.8 cm³/mol. The molecule has 0 spiro atoms. The van der Waals surface area contributed by atoms with E-state index in [0.717, 1.165) is 0 Å². The van der Waals surface area contributed by atoms with E-state index in [-0.39, 0.29) is 18.2 Å². The third-order valence-corrected chi connectivity index (χ3v) is 3.31. The molecule has 108 valence electrons. The fourth-order valence-corrected chi connectivity index (χ4v) is 2.21. The number of rotatable bonds is 4. The van der Waals surface area contributed by atoms with Crippen LogP contribution in [0.1, 0.15) is 13.3 Å². The first-order chi connectivity index (χ1) is 9.47. The summed E-state index contributed by atoms with van der Waals surface area (Å²) < 4.78 is 18.4. The standard InChI is InChI=1S/C14H16FNO4/c1-9(20-12-4-2-3-11(15)7-12)13(17)16-6-5-10(8-16)14(18)19/h2-4,7,9-10H,5-6,8H2,1H3,(H,18,19)/t9-,10-/m1/s1. The van der Waals surface area contributed by atoms with Crippen molar-refractivity contribution >= 4 is 11.9 Å². The molecule has 0 aliphatic carbocycles. The van der Waals surface area contributed by atoms with Crippen molar-refractivity contribution < 1.29 is 23.8 Å². The van der Waals surface area contributed by atoms with Crippen molar-refractivity contribution in [2.75, 3.05) is 13.1 Å². The maximum atomic E-state index is 13.0. The Bertz CT molecular complexity index is 520. The second kappa shape index (κ2) is 5.90. The number of likely N-dealkylation sites (tertiary alicyclic amines) is 1. The van der Waals surface area contributed by atoms with Crippen molar-refractivity contribution in [3.05, 3.63) is 30.1 Å². The van der Waals surface area contributed by atoms with Crippen molar-refractivity contribution in [2.45, 2.75) is 19.4 Å². The molecule has 1 aromatic rings. The molecule has 0 aromatic heterocycles. The molecule has 0 unspecified atom stereocenters. The number of carbonyl (C=O) groups is 2. The minimum Gasteiger partial charge on any atom is -0.481 e. The Labute approximate surface area is 116 Å². The molecule has 1 amide bonds. The summed E-state index contributed by atoms with van der Waals surface area (Å²) in [6, 6.07) is 5.56. The Morgan fingerprint density at radius 3 is 2.85 bits per heavy atom. The summed E-state index contributed by atoms with van der Waals surface area (Å²) >= 11 is 0. The van der Waals surface area contributed by atoms with Gasteiger partial charge in [0.2, 0.25) is 0 Å². The first-order valence-electron chi connectivity index (χ1n) is 6.41. The zero-order valence-electron chi connectivity index (χ0n) is 11.1. The van der Waals surface area contributed by atoms with Crippen LogP contribution in [0.2, 0.25) is 0 Å². The van der Waals surface area contributed by atoms with Gasteiger partial charge in [0.25, 0.3) is 5.91 Å². The average Bonchev–Trinajstić information content (AvgIpc) is 2.87. The van der Waals surface area contributed by atoms with Gasteiger partial charge in [0.15, 0.2) is 6.10 Å². The third-order valence-electron chi connectivity index (χ3n) is 3.31. The van der Waals surface area contributed by atoms with E-state index in [1.54, 1.807) is 13.0 Å². The van der Waals surface area contributed by atoms with Gasteiger partial charge < -0.3 is 14.7 Å². The normalized spacial score (nSPS) is 19.7. The van der Waals surface area contributed by atoms with Gasteiger partial charge in [-0.15, -0.1) is 0 Å². The van der Waals surface area contributed by atoms with Crippen molar-refractivity contribution in [1.82, 2.24) is 4.90 Å². The second-order valence-electron chi connectivity index (χ2n) is 4.83. The molecule has 1 aliphatic rings. The molecule has 0 radical (unpaired) electrons. The van der Waals surface area contributed by atoms with Gasteiger partial charge in [0.1, 0.15) is 11.6 Å². The lowest BCUT2D eigenvalue weighted by Gasteiger charge is -2.21. The molecule has 20 heavy (non-hydrogen) atoms. The molecular formula is C14H16FNO4. The van der Waals surface area contributed by atoms with Gasteiger partial charge in [-0.1, -0.05) is 6.07 Å². The minimum atomic E-state index is -0.890. The summed E-state index contributed by atoms with van der Waals surface area (Å²) in [5.41, 5.74) is 0. The molecule has 1 aromatic carbocycles. The first-order valence-corrected chi connectivity index (χ1v) is 6.41. The van der Waals surface area contributed by atoms with E-state index in [2.05, 4.69) is 0 Å². The zero-order chi connectivity index (χ0) is 14.7. The van der Waals surface area contributed by atoms with Crippen molar-refractivity contribution in [2.24, 2.45) is 5.92 Å². The van der Waals surface area contributed by atoms with E-state index in [4.69, 9.17) is 9.84 Å². The molecule has 2 atom stereocenters. The smallest absolute Gasteiger partial charge is 0.308 e. The third kappa shape index (κ3) is 3.26. The summed E-state index contributed by atoms with van der Waals surface area (Å²) in [4.78, 5) is 24.4. The van der Waals surface area contributed by atoms with Crippen molar-refractivity contribution in [1.29, 1.82) is 0 Å². The van der Waals surface area contributed by atoms with E-state index < -0.39 is 23.8 Å². The summed E-state index contributed by atoms with van der Waals surface area (Å²) in [6.07, 6.45) is -0.322. The molecule has 2 rings (SSSR count). The number of amides is 1. The molecule has 1 saturated heterocycles. The fourth-order valence-electron chi connectivity index (χ4n) is 2.21. The SMILES string of the molecule is C[C@@H](Oc1cccc(F)c1)C(=O)N1CC[C@@H](C(=O)O)C1. The monoisotopic (exact) mass is 281 g/mol. The molecule has 1 fully saturated rings. The predicted octanol–water partition coefficient (Wildman–Crippen LogP) is 1.53. The van der Waals surface area contributed by atoms with Gasteiger partial charge in [0.05, 0.1) is 5.92 Å². The summed E-state index contributed by atoms with van der Waals surface area (Å²) in [5, 5.41) is 8.91. The lowest BCUT2D eigenvalue weighted by Crippen LogP contribution is -2.39. The molecule has 6 heteroatoms. The average molecular weight is 281 g/mol. The number of carboxylic acid groups (broad SMARTS) is 1. The number of halogens is 1. The van der Waals surface area contributed by atoms with Gasteiger partial charge in [-0.05, 0) is 25.5 Å². The van der Waals surface area contributed by atoms with Crippen LogP contribution in [0.15, 0.2) is 24.3 Å². The second-order valence-corrected chi connectivity index (χ2v) is 4.83. The number of carbonyl (C=O) groups excluding carboxylic acids is 1. The molecule has 0 saturated carbocycles. The number of ether oxygens (including phenoxy) is 1. The molecule has 1 N–H and O–H groups in total. The highest BCUT2D eigenvalue weighted by atomic mass is 19.1. The van der Waals surface area contributed by atoms with Crippen LogP contribution in [-0.4, -0.2) is 41.1 Å². The van der Waals surface area contributed by atoms with Crippen molar-refractivity contribution in [3.8, 4) is 5.75 Å². The highest BCUT2D eigenvalue weighted by Gasteiger charge is 2.33. The number of hydrogen-bond donors (Lipinski definition) is 1. The molecular weight excluding hydrogens is 265 g/mol. The minimum absolute atomic E-state index is 0.199. The van der Waals surface area contributed by atoms with Crippen LogP contribution >= 0.6 is 0 Å². The van der Waals surface area contributed by atoms with Gasteiger partial charge in [-0.2, -0.15) is 0 Å². The van der Waals surface area contributed by atoms with Gasteiger partial charge in [-0.25, -0.2) is 4.39 Å². The number of aliphatic carboxylic acids is 1. The van der Waals surface area contributed by atoms with E-state index in [9.17, 15) is 14.0 Å². The van der Waals surface area contributed by atoms with Gasteiger partial charge in [-0.3, -0.25) is 9.59 Å². The topological polar surface area (TPSA) is 66.8 Å². The zero-order valence-corrected chi connectivity index (χ0v) is 11.1. The van der Waals surface area contributed by atoms with Crippen LogP contribution < -0.4 is 4.74 Å². The van der Waals surface area contributed by atoms with E-state index in [1.165, 1.54) is 23.1 Å². The van der Waals surface area contributed by atoms with Crippen molar-refractivity contribution in [3.63, 3.8) is 0 Å². The van der Waals surface area contributed by atoms with E-state index >= 15 is 0 Å². The number of nitrogens with zero attached hydrogens (tertiary/aromatic N) is 1.